The Kier molecular flexibility index (Phi) is 7.82. The number of hydrogen-bond acceptors (Lipinski definition) is 7. The predicted octanol–water partition coefficient (Wildman–Crippen LogP) is -0.0901. The van der Waals surface area contributed by atoms with Gasteiger partial charge in [0.2, 0.25) is 15.9 Å². The molecule has 1 amide bonds. The summed E-state index contributed by atoms with van der Waals surface area (Å²) in [6, 6.07) is -0.735. The Hall–Kier alpha value is -1.20. The predicted molar refractivity (Wildman–Crippen MR) is 93.0 cm³/mol. The smallest absolute Gasteiger partial charge is 0.248 e. The number of amides is 1. The summed E-state index contributed by atoms with van der Waals surface area (Å²) < 4.78 is 36.9. The summed E-state index contributed by atoms with van der Waals surface area (Å²) in [5, 5.41) is 3.71. The van der Waals surface area contributed by atoms with Crippen LogP contribution in [-0.4, -0.2) is 74.6 Å². The van der Waals surface area contributed by atoms with E-state index in [1.807, 2.05) is 0 Å². The number of sulfonamides is 1. The first kappa shape index (κ1) is 21.8. The molecule has 1 fully saturated rings. The van der Waals surface area contributed by atoms with E-state index in [0.717, 1.165) is 0 Å². The van der Waals surface area contributed by atoms with Crippen LogP contribution in [0.3, 0.4) is 0 Å². The molecule has 0 saturated carbocycles. The fourth-order valence-corrected chi connectivity index (χ4v) is 4.57. The lowest BCUT2D eigenvalue weighted by Crippen LogP contribution is -2.47. The molecule has 0 bridgehead atoms. The van der Waals surface area contributed by atoms with Gasteiger partial charge in [-0.15, -0.1) is 12.4 Å². The number of carbonyl (C=O) groups excluding carboxylic acids is 1. The molecule has 2 heterocycles. The van der Waals surface area contributed by atoms with Crippen molar-refractivity contribution in [2.45, 2.75) is 31.2 Å². The normalized spacial score (nSPS) is 17.7. The van der Waals surface area contributed by atoms with Crippen LogP contribution in [-0.2, 0) is 19.6 Å². The molecule has 0 aliphatic carbocycles. The summed E-state index contributed by atoms with van der Waals surface area (Å²) in [7, 11) is -2.22. The van der Waals surface area contributed by atoms with Gasteiger partial charge in [0, 0.05) is 33.3 Å². The Morgan fingerprint density at radius 1 is 1.32 bits per heavy atom. The maximum Gasteiger partial charge on any atom is 0.248 e. The number of nitrogens with zero attached hydrogens (tertiary/aromatic N) is 3. The van der Waals surface area contributed by atoms with Crippen molar-refractivity contribution in [2.24, 2.45) is 5.73 Å². The molecule has 2 rings (SSSR count). The van der Waals surface area contributed by atoms with E-state index >= 15 is 0 Å². The van der Waals surface area contributed by atoms with Crippen molar-refractivity contribution in [3.8, 4) is 0 Å². The molecular weight excluding hydrogens is 372 g/mol. The number of aromatic nitrogens is 1. The first-order chi connectivity index (χ1) is 11.3. The Morgan fingerprint density at radius 2 is 2.00 bits per heavy atom. The second-order valence-corrected chi connectivity index (χ2v) is 7.67. The molecule has 2 N–H and O–H groups in total. The lowest BCUT2D eigenvalue weighted by molar-refractivity contribution is -0.133. The number of rotatable bonds is 5. The number of carbonyl (C=O) groups is 1. The molecule has 1 aromatic heterocycles. The third kappa shape index (κ3) is 4.70. The van der Waals surface area contributed by atoms with Crippen LogP contribution in [0.25, 0.3) is 0 Å². The number of methoxy groups -OCH3 is 1. The van der Waals surface area contributed by atoms with Crippen molar-refractivity contribution in [1.82, 2.24) is 14.4 Å². The first-order valence-corrected chi connectivity index (χ1v) is 9.19. The molecule has 144 valence electrons. The number of nitrogens with two attached hydrogens (primary N) is 1. The van der Waals surface area contributed by atoms with Gasteiger partial charge in [-0.2, -0.15) is 4.31 Å². The van der Waals surface area contributed by atoms with Gasteiger partial charge in [-0.05, 0) is 20.3 Å². The van der Waals surface area contributed by atoms with E-state index < -0.39 is 16.1 Å². The van der Waals surface area contributed by atoms with Crippen molar-refractivity contribution in [1.29, 1.82) is 0 Å². The van der Waals surface area contributed by atoms with Crippen molar-refractivity contribution >= 4 is 28.3 Å². The van der Waals surface area contributed by atoms with Gasteiger partial charge in [0.1, 0.15) is 16.6 Å². The summed E-state index contributed by atoms with van der Waals surface area (Å²) in [6.45, 7) is 4.60. The van der Waals surface area contributed by atoms with Crippen molar-refractivity contribution < 1.29 is 22.5 Å². The summed E-state index contributed by atoms with van der Waals surface area (Å²) in [6.07, 6.45) is 0.536. The number of halogens is 1. The van der Waals surface area contributed by atoms with Crippen LogP contribution < -0.4 is 5.73 Å². The van der Waals surface area contributed by atoms with Gasteiger partial charge in [-0.25, -0.2) is 8.42 Å². The van der Waals surface area contributed by atoms with Crippen LogP contribution in [0.1, 0.15) is 17.9 Å². The summed E-state index contributed by atoms with van der Waals surface area (Å²) in [4.78, 5) is 14.0. The third-order valence-electron chi connectivity index (χ3n) is 4.00. The summed E-state index contributed by atoms with van der Waals surface area (Å²) >= 11 is 0. The molecule has 0 radical (unpaired) electrons. The first-order valence-electron chi connectivity index (χ1n) is 7.75. The van der Waals surface area contributed by atoms with Gasteiger partial charge in [0.25, 0.3) is 0 Å². The molecule has 1 aliphatic rings. The SMILES string of the molecule is COCC(N)C(=O)N1CCCN(S(=O)(=O)c2c(C)noc2C)CC1.Cl. The second-order valence-electron chi connectivity index (χ2n) is 5.80. The largest absolute Gasteiger partial charge is 0.383 e. The third-order valence-corrected chi connectivity index (χ3v) is 6.14. The van der Waals surface area contributed by atoms with Gasteiger partial charge < -0.3 is 19.9 Å². The fraction of sp³-hybridized carbons (Fsp3) is 0.714. The Bertz CT molecular complexity index is 674. The average Bonchev–Trinajstić information content (AvgIpc) is 2.75. The van der Waals surface area contributed by atoms with Gasteiger partial charge in [-0.1, -0.05) is 5.16 Å². The minimum absolute atomic E-state index is 0. The van der Waals surface area contributed by atoms with Gasteiger partial charge >= 0.3 is 0 Å². The van der Waals surface area contributed by atoms with Crippen LogP contribution in [0.5, 0.6) is 0 Å². The molecule has 1 aromatic rings. The highest BCUT2D eigenvalue weighted by Crippen LogP contribution is 2.24. The summed E-state index contributed by atoms with van der Waals surface area (Å²) in [5.74, 6) is 0.0419. The average molecular weight is 397 g/mol. The zero-order chi connectivity index (χ0) is 17.9. The molecular formula is C14H25ClN4O5S. The van der Waals surface area contributed by atoms with E-state index in [1.54, 1.807) is 18.7 Å². The van der Waals surface area contributed by atoms with E-state index in [0.29, 0.717) is 31.7 Å². The lowest BCUT2D eigenvalue weighted by atomic mass is 10.2. The highest BCUT2D eigenvalue weighted by molar-refractivity contribution is 7.89. The molecule has 9 nitrogen and oxygen atoms in total. The van der Waals surface area contributed by atoms with Crippen molar-refractivity contribution in [2.75, 3.05) is 39.9 Å². The Labute approximate surface area is 153 Å². The van der Waals surface area contributed by atoms with Crippen LogP contribution in [0, 0.1) is 13.8 Å². The zero-order valence-electron chi connectivity index (χ0n) is 14.6. The zero-order valence-corrected chi connectivity index (χ0v) is 16.2. The molecule has 1 saturated heterocycles. The lowest BCUT2D eigenvalue weighted by Gasteiger charge is -2.24. The second kappa shape index (κ2) is 8.95. The minimum Gasteiger partial charge on any atom is -0.383 e. The molecule has 25 heavy (non-hydrogen) atoms. The Morgan fingerprint density at radius 3 is 2.56 bits per heavy atom. The van der Waals surface area contributed by atoms with E-state index in [2.05, 4.69) is 5.16 Å². The van der Waals surface area contributed by atoms with E-state index in [9.17, 15) is 13.2 Å². The van der Waals surface area contributed by atoms with E-state index in [1.165, 1.54) is 11.4 Å². The highest BCUT2D eigenvalue weighted by atomic mass is 35.5. The number of aryl methyl sites for hydroxylation is 2. The quantitative estimate of drug-likeness (QED) is 0.738. The topological polar surface area (TPSA) is 119 Å². The maximum absolute atomic E-state index is 12.8. The molecule has 1 unspecified atom stereocenters. The highest BCUT2D eigenvalue weighted by Gasteiger charge is 2.33. The number of ether oxygens (including phenoxy) is 1. The maximum atomic E-state index is 12.8. The monoisotopic (exact) mass is 396 g/mol. The fourth-order valence-electron chi connectivity index (χ4n) is 2.81. The minimum atomic E-state index is -3.70. The van der Waals surface area contributed by atoms with Crippen LogP contribution >= 0.6 is 12.4 Å². The molecule has 0 spiro atoms. The van der Waals surface area contributed by atoms with Gasteiger partial charge in [-0.3, -0.25) is 4.79 Å². The van der Waals surface area contributed by atoms with E-state index in [4.69, 9.17) is 15.0 Å². The molecule has 0 aromatic carbocycles. The molecule has 1 atom stereocenters. The van der Waals surface area contributed by atoms with Crippen LogP contribution in [0.2, 0.25) is 0 Å². The molecule has 1 aliphatic heterocycles. The van der Waals surface area contributed by atoms with Gasteiger partial charge in [0.15, 0.2) is 5.76 Å². The van der Waals surface area contributed by atoms with Crippen molar-refractivity contribution in [3.05, 3.63) is 11.5 Å². The standard InChI is InChI=1S/C14H24N4O5S.ClH/c1-10-13(11(2)23-16-10)24(20,21)18-6-4-5-17(7-8-18)14(19)12(15)9-22-3;/h12H,4-9,15H2,1-3H3;1H. The van der Waals surface area contributed by atoms with E-state index in [-0.39, 0.29) is 42.1 Å². The van der Waals surface area contributed by atoms with Gasteiger partial charge in [0.05, 0.1) is 6.61 Å². The van der Waals surface area contributed by atoms with Crippen molar-refractivity contribution in [3.63, 3.8) is 0 Å². The molecule has 11 heteroatoms. The van der Waals surface area contributed by atoms with Crippen LogP contribution in [0.15, 0.2) is 9.42 Å². The summed E-state index contributed by atoms with van der Waals surface area (Å²) in [5.41, 5.74) is 6.12. The number of hydrogen-bond donors (Lipinski definition) is 1. The Balaban J connectivity index is 0.00000312. The van der Waals surface area contributed by atoms with Crippen LogP contribution in [0.4, 0.5) is 0 Å².